The minimum absolute atomic E-state index is 0.0736. The zero-order valence-corrected chi connectivity index (χ0v) is 17.6. The van der Waals surface area contributed by atoms with Gasteiger partial charge in [-0.2, -0.15) is 0 Å². The summed E-state index contributed by atoms with van der Waals surface area (Å²) in [5.41, 5.74) is 1.90. The van der Waals surface area contributed by atoms with Crippen molar-refractivity contribution in [1.82, 2.24) is 0 Å². The molecule has 6 fully saturated rings. The highest BCUT2D eigenvalue weighted by Gasteiger charge is 2.79. The van der Waals surface area contributed by atoms with Crippen LogP contribution in [-0.2, 0) is 18.9 Å². The maximum Gasteiger partial charge on any atom is 0.229 e. The van der Waals surface area contributed by atoms with E-state index >= 15 is 0 Å². The third-order valence-electron chi connectivity index (χ3n) is 10.1. The molecule has 28 heavy (non-hydrogen) atoms. The molecule has 0 aromatic heterocycles. The monoisotopic (exact) mass is 388 g/mol. The first-order chi connectivity index (χ1) is 13.5. The van der Waals surface area contributed by atoms with Gasteiger partial charge in [0.2, 0.25) is 11.6 Å². The number of rotatable bonds is 0. The van der Waals surface area contributed by atoms with Crippen molar-refractivity contribution in [2.75, 3.05) is 26.4 Å². The molecule has 0 amide bonds. The molecular weight excluding hydrogens is 352 g/mol. The highest BCUT2D eigenvalue weighted by Crippen LogP contribution is 2.73. The van der Waals surface area contributed by atoms with Crippen molar-refractivity contribution >= 4 is 0 Å². The van der Waals surface area contributed by atoms with E-state index in [4.69, 9.17) is 18.9 Å². The summed E-state index contributed by atoms with van der Waals surface area (Å²) in [6.07, 6.45) is 10.1. The van der Waals surface area contributed by atoms with Crippen molar-refractivity contribution in [2.45, 2.75) is 76.8 Å². The first-order valence-corrected chi connectivity index (χ1v) is 11.7. The first kappa shape index (κ1) is 18.4. The number of hydrogen-bond acceptors (Lipinski definition) is 4. The third kappa shape index (κ3) is 1.97. The third-order valence-corrected chi connectivity index (χ3v) is 10.1. The largest absolute Gasteiger partial charge is 0.343 e. The second-order valence-electron chi connectivity index (χ2n) is 11.0. The SMILES string of the molecule is C=C1CC2CCCC[C@]2(C)[C@H]2CC[C@@]3(C)[C@@H](CC45OCCOC43OCCO5)[C@H]12. The van der Waals surface area contributed by atoms with Gasteiger partial charge in [0, 0.05) is 11.8 Å². The Kier molecular flexibility index (Phi) is 3.83. The van der Waals surface area contributed by atoms with E-state index < -0.39 is 11.6 Å². The lowest BCUT2D eigenvalue weighted by Crippen LogP contribution is -2.69. The van der Waals surface area contributed by atoms with Crippen molar-refractivity contribution in [3.05, 3.63) is 12.2 Å². The predicted molar refractivity (Wildman–Crippen MR) is 106 cm³/mol. The van der Waals surface area contributed by atoms with Crippen LogP contribution in [0.15, 0.2) is 12.2 Å². The molecule has 2 aliphatic heterocycles. The Morgan fingerprint density at radius 3 is 2.32 bits per heavy atom. The molecule has 1 unspecified atom stereocenters. The molecule has 4 heteroatoms. The first-order valence-electron chi connectivity index (χ1n) is 11.7. The van der Waals surface area contributed by atoms with Crippen LogP contribution in [0.3, 0.4) is 0 Å². The van der Waals surface area contributed by atoms with Crippen LogP contribution in [0.2, 0.25) is 0 Å². The number of allylic oxidation sites excluding steroid dienone is 1. The zero-order chi connectivity index (χ0) is 19.2. The fourth-order valence-electron chi connectivity index (χ4n) is 8.86. The highest BCUT2D eigenvalue weighted by atomic mass is 16.8. The van der Waals surface area contributed by atoms with Gasteiger partial charge < -0.3 is 18.9 Å². The highest BCUT2D eigenvalue weighted by molar-refractivity contribution is 5.26. The fraction of sp³-hybridized carbons (Fsp3) is 0.917. The van der Waals surface area contributed by atoms with Crippen LogP contribution in [-0.4, -0.2) is 38.0 Å². The van der Waals surface area contributed by atoms with Crippen LogP contribution in [0.25, 0.3) is 0 Å². The van der Waals surface area contributed by atoms with Gasteiger partial charge in [0.05, 0.1) is 26.4 Å². The number of hydrogen-bond donors (Lipinski definition) is 0. The van der Waals surface area contributed by atoms with Crippen LogP contribution in [0.1, 0.15) is 65.2 Å². The second kappa shape index (κ2) is 5.84. The Bertz CT molecular complexity index is 676. The Morgan fingerprint density at radius 1 is 0.857 bits per heavy atom. The molecule has 0 aromatic carbocycles. The van der Waals surface area contributed by atoms with Crippen molar-refractivity contribution in [3.8, 4) is 0 Å². The molecule has 4 saturated carbocycles. The lowest BCUT2D eigenvalue weighted by atomic mass is 9.44. The van der Waals surface area contributed by atoms with E-state index in [0.29, 0.717) is 43.7 Å². The van der Waals surface area contributed by atoms with E-state index in [-0.39, 0.29) is 5.41 Å². The van der Waals surface area contributed by atoms with Crippen LogP contribution in [0.5, 0.6) is 0 Å². The van der Waals surface area contributed by atoms with Crippen molar-refractivity contribution in [2.24, 2.45) is 34.5 Å². The zero-order valence-electron chi connectivity index (χ0n) is 17.6. The molecule has 0 N–H and O–H groups in total. The average molecular weight is 389 g/mol. The average Bonchev–Trinajstić information content (AvgIpc) is 2.95. The van der Waals surface area contributed by atoms with E-state index in [1.54, 1.807) is 0 Å². The molecule has 156 valence electrons. The summed E-state index contributed by atoms with van der Waals surface area (Å²) in [4.78, 5) is 0. The topological polar surface area (TPSA) is 36.9 Å². The van der Waals surface area contributed by atoms with Gasteiger partial charge in [-0.25, -0.2) is 0 Å². The van der Waals surface area contributed by atoms with E-state index in [1.807, 2.05) is 0 Å². The van der Waals surface area contributed by atoms with E-state index in [9.17, 15) is 0 Å². The van der Waals surface area contributed by atoms with Gasteiger partial charge >= 0.3 is 0 Å². The van der Waals surface area contributed by atoms with E-state index in [1.165, 1.54) is 44.1 Å². The quantitative estimate of drug-likeness (QED) is 0.565. The normalized spacial score (nSPS) is 58.1. The Labute approximate surface area is 169 Å². The summed E-state index contributed by atoms with van der Waals surface area (Å²) in [5, 5.41) is 0. The fourth-order valence-corrected chi connectivity index (χ4v) is 8.86. The smallest absolute Gasteiger partial charge is 0.229 e. The number of fused-ring (bicyclic) bond motifs is 5. The minimum atomic E-state index is -0.739. The van der Waals surface area contributed by atoms with Crippen LogP contribution in [0, 0.1) is 34.5 Å². The maximum absolute atomic E-state index is 6.50. The van der Waals surface area contributed by atoms with Gasteiger partial charge in [0.15, 0.2) is 0 Å². The van der Waals surface area contributed by atoms with Gasteiger partial charge in [0.1, 0.15) is 0 Å². The molecule has 0 radical (unpaired) electrons. The summed E-state index contributed by atoms with van der Waals surface area (Å²) >= 11 is 0. The summed E-state index contributed by atoms with van der Waals surface area (Å²) in [6, 6.07) is 0. The Balaban J connectivity index is 1.44. The summed E-state index contributed by atoms with van der Waals surface area (Å²) < 4.78 is 25.8. The van der Waals surface area contributed by atoms with E-state index in [2.05, 4.69) is 20.4 Å². The maximum atomic E-state index is 6.50. The van der Waals surface area contributed by atoms with Gasteiger partial charge in [0.25, 0.3) is 0 Å². The molecule has 4 aliphatic carbocycles. The lowest BCUT2D eigenvalue weighted by Gasteiger charge is -2.62. The molecule has 0 bridgehead atoms. The number of ether oxygens (including phenoxy) is 4. The van der Waals surface area contributed by atoms with Gasteiger partial charge in [-0.1, -0.05) is 38.8 Å². The van der Waals surface area contributed by atoms with E-state index in [0.717, 1.165) is 24.7 Å². The standard InChI is InChI=1S/C24H36O4/c1-16-14-17-6-4-5-8-21(17,2)18-7-9-22(3)19(20(16)18)15-23-24(22,27-12-10-25-23)28-13-11-26-23/h17-20H,1,4-15H2,2-3H3/t17?,18-,19-,20+,21-,22-,23?,24?/m0/s1. The molecule has 6 rings (SSSR count). The van der Waals surface area contributed by atoms with Crippen molar-refractivity contribution in [1.29, 1.82) is 0 Å². The predicted octanol–water partition coefficient (Wildman–Crippen LogP) is 4.68. The summed E-state index contributed by atoms with van der Waals surface area (Å²) in [6.45, 7) is 12.1. The van der Waals surface area contributed by atoms with Crippen LogP contribution in [0.4, 0.5) is 0 Å². The Hall–Kier alpha value is -0.420. The molecular formula is C24H36O4. The summed E-state index contributed by atoms with van der Waals surface area (Å²) in [5.74, 6) is 1.14. The summed E-state index contributed by atoms with van der Waals surface area (Å²) in [7, 11) is 0. The lowest BCUT2D eigenvalue weighted by molar-refractivity contribution is -0.474. The molecule has 0 spiro atoms. The molecule has 0 aromatic rings. The van der Waals surface area contributed by atoms with Gasteiger partial charge in [-0.05, 0) is 61.2 Å². The minimum Gasteiger partial charge on any atom is -0.343 e. The van der Waals surface area contributed by atoms with Crippen molar-refractivity contribution in [3.63, 3.8) is 0 Å². The van der Waals surface area contributed by atoms with Gasteiger partial charge in [-0.3, -0.25) is 0 Å². The molecule has 4 nitrogen and oxygen atoms in total. The van der Waals surface area contributed by atoms with Crippen LogP contribution >= 0.6 is 0 Å². The van der Waals surface area contributed by atoms with Gasteiger partial charge in [-0.15, -0.1) is 0 Å². The Morgan fingerprint density at radius 2 is 1.57 bits per heavy atom. The van der Waals surface area contributed by atoms with Crippen molar-refractivity contribution < 1.29 is 18.9 Å². The molecule has 6 atom stereocenters. The molecule has 2 heterocycles. The molecule has 6 aliphatic rings. The molecule has 2 saturated heterocycles. The second-order valence-corrected chi connectivity index (χ2v) is 11.0. The van der Waals surface area contributed by atoms with Crippen LogP contribution < -0.4 is 0 Å².